The second-order valence-corrected chi connectivity index (χ2v) is 5.22. The lowest BCUT2D eigenvalue weighted by molar-refractivity contribution is 0.256. The maximum Gasteiger partial charge on any atom is 0.368 e. The van der Waals surface area contributed by atoms with E-state index >= 15 is 0 Å². The Labute approximate surface area is 125 Å². The quantitative estimate of drug-likeness (QED) is 0.732. The molecule has 0 aromatic heterocycles. The van der Waals surface area contributed by atoms with Crippen molar-refractivity contribution < 1.29 is 9.53 Å². The summed E-state index contributed by atoms with van der Waals surface area (Å²) in [5, 5.41) is 1.27. The summed E-state index contributed by atoms with van der Waals surface area (Å²) in [4.78, 5) is 21.9. The van der Waals surface area contributed by atoms with E-state index in [2.05, 4.69) is 28.7 Å². The van der Waals surface area contributed by atoms with Crippen molar-refractivity contribution in [1.29, 1.82) is 0 Å². The minimum atomic E-state index is -0.435. The van der Waals surface area contributed by atoms with Crippen LogP contribution in [0.3, 0.4) is 0 Å². The third-order valence-electron chi connectivity index (χ3n) is 3.61. The summed E-state index contributed by atoms with van der Waals surface area (Å²) in [6, 6.07) is 3.43. The largest absolute Gasteiger partial charge is 0.494 e. The number of ether oxygens (including phenoxy) is 1. The average Bonchev–Trinajstić information content (AvgIpc) is 2.86. The van der Waals surface area contributed by atoms with Gasteiger partial charge < -0.3 is 9.64 Å². The van der Waals surface area contributed by atoms with Crippen LogP contribution in [-0.4, -0.2) is 37.7 Å². The molecule has 21 heavy (non-hydrogen) atoms. The van der Waals surface area contributed by atoms with Crippen LogP contribution in [0.4, 0.5) is 4.79 Å². The molecule has 0 aliphatic carbocycles. The fourth-order valence-corrected chi connectivity index (χ4v) is 2.66. The van der Waals surface area contributed by atoms with Crippen LogP contribution in [0, 0.1) is 0 Å². The molecule has 0 fully saturated rings. The minimum absolute atomic E-state index is 0.435. The SMILES string of the molecule is CCCN(CCC)CCc1ccc(OC)c2c1=NC(=O)N=2. The third-order valence-corrected chi connectivity index (χ3v) is 3.61. The number of urea groups is 1. The average molecular weight is 289 g/mol. The number of carbonyl (C=O) groups excluding carboxylic acids is 1. The summed E-state index contributed by atoms with van der Waals surface area (Å²) in [6.07, 6.45) is 3.18. The van der Waals surface area contributed by atoms with E-state index in [0.717, 1.165) is 44.5 Å². The zero-order valence-electron chi connectivity index (χ0n) is 13.1. The van der Waals surface area contributed by atoms with Gasteiger partial charge in [-0.1, -0.05) is 19.9 Å². The molecule has 114 valence electrons. The molecule has 1 aliphatic rings. The molecule has 2 rings (SSSR count). The van der Waals surface area contributed by atoms with Crippen LogP contribution in [0.25, 0.3) is 0 Å². The van der Waals surface area contributed by atoms with Crippen molar-refractivity contribution >= 4 is 6.03 Å². The first kappa shape index (κ1) is 15.6. The topological polar surface area (TPSA) is 54.3 Å². The van der Waals surface area contributed by atoms with Crippen LogP contribution >= 0.6 is 0 Å². The smallest absolute Gasteiger partial charge is 0.368 e. The molecular formula is C16H23N3O2. The van der Waals surface area contributed by atoms with Crippen molar-refractivity contribution in [1.82, 2.24) is 4.90 Å². The van der Waals surface area contributed by atoms with Gasteiger partial charge in [0.1, 0.15) is 16.5 Å². The highest BCUT2D eigenvalue weighted by Crippen LogP contribution is 2.06. The molecule has 5 heteroatoms. The summed E-state index contributed by atoms with van der Waals surface area (Å²) in [7, 11) is 1.58. The molecule has 1 heterocycles. The summed E-state index contributed by atoms with van der Waals surface area (Å²) in [5.74, 6) is 0.613. The number of benzene rings is 1. The number of methoxy groups -OCH3 is 1. The molecule has 1 aliphatic heterocycles. The lowest BCUT2D eigenvalue weighted by Gasteiger charge is -2.20. The van der Waals surface area contributed by atoms with Crippen molar-refractivity contribution in [3.63, 3.8) is 0 Å². The van der Waals surface area contributed by atoms with E-state index in [1.807, 2.05) is 12.1 Å². The molecule has 0 bridgehead atoms. The predicted molar refractivity (Wildman–Crippen MR) is 81.4 cm³/mol. The Morgan fingerprint density at radius 3 is 2.33 bits per heavy atom. The van der Waals surface area contributed by atoms with E-state index in [-0.39, 0.29) is 0 Å². The van der Waals surface area contributed by atoms with Gasteiger partial charge in [0.2, 0.25) is 0 Å². The minimum Gasteiger partial charge on any atom is -0.494 e. The van der Waals surface area contributed by atoms with Crippen LogP contribution in [0.1, 0.15) is 32.3 Å². The first-order valence-electron chi connectivity index (χ1n) is 7.59. The standard InChI is InChI=1S/C16H23N3O2/c1-4-9-19(10-5-2)11-8-12-6-7-13(21-3)15-14(12)17-16(20)18-15/h6-7H,4-5,8-11H2,1-3H3. The molecule has 0 spiro atoms. The van der Waals surface area contributed by atoms with Gasteiger partial charge in [0.25, 0.3) is 0 Å². The lowest BCUT2D eigenvalue weighted by Crippen LogP contribution is -2.32. The Balaban J connectivity index is 2.20. The molecule has 0 N–H and O–H groups in total. The highest BCUT2D eigenvalue weighted by atomic mass is 16.5. The zero-order chi connectivity index (χ0) is 15.2. The van der Waals surface area contributed by atoms with Gasteiger partial charge in [-0.2, -0.15) is 9.98 Å². The highest BCUT2D eigenvalue weighted by molar-refractivity contribution is 5.78. The van der Waals surface area contributed by atoms with Crippen LogP contribution in [0.15, 0.2) is 22.1 Å². The van der Waals surface area contributed by atoms with Crippen LogP contribution in [0.5, 0.6) is 5.75 Å². The summed E-state index contributed by atoms with van der Waals surface area (Å²) >= 11 is 0. The number of fused-ring (bicyclic) bond motifs is 1. The Morgan fingerprint density at radius 2 is 1.71 bits per heavy atom. The molecule has 1 aromatic carbocycles. The maximum absolute atomic E-state index is 11.5. The molecule has 2 amide bonds. The number of carbonyl (C=O) groups is 1. The third kappa shape index (κ3) is 3.67. The summed E-state index contributed by atoms with van der Waals surface area (Å²) in [5.41, 5.74) is 1.07. The van der Waals surface area contributed by atoms with Crippen molar-refractivity contribution in [2.45, 2.75) is 33.1 Å². The Hall–Kier alpha value is -1.75. The molecule has 0 radical (unpaired) electrons. The zero-order valence-corrected chi connectivity index (χ0v) is 13.1. The first-order valence-corrected chi connectivity index (χ1v) is 7.59. The van der Waals surface area contributed by atoms with Crippen LogP contribution < -0.4 is 15.5 Å². The van der Waals surface area contributed by atoms with Gasteiger partial charge in [-0.25, -0.2) is 4.79 Å². The van der Waals surface area contributed by atoms with E-state index in [4.69, 9.17) is 4.74 Å². The van der Waals surface area contributed by atoms with E-state index in [1.165, 1.54) is 0 Å². The number of hydrogen-bond acceptors (Lipinski definition) is 3. The lowest BCUT2D eigenvalue weighted by atomic mass is 10.1. The van der Waals surface area contributed by atoms with Crippen molar-refractivity contribution in [3.8, 4) is 5.75 Å². The molecule has 0 atom stereocenters. The molecule has 5 nitrogen and oxygen atoms in total. The molecule has 0 saturated carbocycles. The Bertz CT molecular complexity index is 619. The fourth-order valence-electron chi connectivity index (χ4n) is 2.66. The maximum atomic E-state index is 11.5. The Kier molecular flexibility index (Phi) is 5.44. The monoisotopic (exact) mass is 289 g/mol. The van der Waals surface area contributed by atoms with Gasteiger partial charge in [0.05, 0.1) is 7.11 Å². The molecule has 0 unspecified atom stereocenters. The fraction of sp³-hybridized carbons (Fsp3) is 0.562. The Morgan fingerprint density at radius 1 is 1.05 bits per heavy atom. The molecular weight excluding hydrogens is 266 g/mol. The first-order chi connectivity index (χ1) is 10.2. The van der Waals surface area contributed by atoms with E-state index in [0.29, 0.717) is 16.5 Å². The van der Waals surface area contributed by atoms with E-state index in [1.54, 1.807) is 7.11 Å². The second kappa shape index (κ2) is 7.31. The summed E-state index contributed by atoms with van der Waals surface area (Å²) < 4.78 is 5.25. The van der Waals surface area contributed by atoms with E-state index < -0.39 is 6.03 Å². The number of rotatable bonds is 8. The van der Waals surface area contributed by atoms with Gasteiger partial charge >= 0.3 is 6.03 Å². The highest BCUT2D eigenvalue weighted by Gasteiger charge is 2.14. The van der Waals surface area contributed by atoms with Gasteiger partial charge in [-0.05, 0) is 44.0 Å². The normalized spacial score (nSPS) is 13.0. The van der Waals surface area contributed by atoms with E-state index in [9.17, 15) is 4.79 Å². The van der Waals surface area contributed by atoms with Crippen molar-refractivity contribution in [3.05, 3.63) is 28.4 Å². The number of hydrogen-bond donors (Lipinski definition) is 0. The van der Waals surface area contributed by atoms with Crippen molar-refractivity contribution in [2.75, 3.05) is 26.7 Å². The van der Waals surface area contributed by atoms with Crippen molar-refractivity contribution in [2.24, 2.45) is 9.98 Å². The van der Waals surface area contributed by atoms with Crippen LogP contribution in [0.2, 0.25) is 0 Å². The van der Waals surface area contributed by atoms with Gasteiger partial charge in [0.15, 0.2) is 0 Å². The van der Waals surface area contributed by atoms with Gasteiger partial charge in [-0.15, -0.1) is 0 Å². The second-order valence-electron chi connectivity index (χ2n) is 5.22. The number of amides is 2. The van der Waals surface area contributed by atoms with Crippen LogP contribution in [-0.2, 0) is 6.42 Å². The molecule has 0 saturated heterocycles. The van der Waals surface area contributed by atoms with Gasteiger partial charge in [0, 0.05) is 6.54 Å². The summed E-state index contributed by atoms with van der Waals surface area (Å²) in [6.45, 7) is 7.57. The predicted octanol–water partition coefficient (Wildman–Crippen LogP) is 1.73. The van der Waals surface area contributed by atoms with Gasteiger partial charge in [-0.3, -0.25) is 0 Å². The molecule has 1 aromatic rings. The number of nitrogens with zero attached hydrogens (tertiary/aromatic N) is 3.